The van der Waals surface area contributed by atoms with Gasteiger partial charge < -0.3 is 9.84 Å². The number of carbonyl (C=O) groups is 1. The number of ether oxygens (including phenoxy) is 1. The smallest absolute Gasteiger partial charge is 0.322 e. The van der Waals surface area contributed by atoms with Crippen LogP contribution in [-0.4, -0.2) is 71.7 Å². The fourth-order valence-corrected chi connectivity index (χ4v) is 4.85. The second kappa shape index (κ2) is 11.7. The van der Waals surface area contributed by atoms with E-state index in [0.29, 0.717) is 86.2 Å². The second-order valence-electron chi connectivity index (χ2n) is 9.10. The highest BCUT2D eigenvalue weighted by atomic mass is 19.1. The molecule has 0 saturated carbocycles. The van der Waals surface area contributed by atoms with Gasteiger partial charge in [-0.1, -0.05) is 0 Å². The number of carboxylic acid groups (broad SMARTS) is 1. The number of methoxy groups -OCH3 is 1. The van der Waals surface area contributed by atoms with Crippen molar-refractivity contribution in [3.63, 3.8) is 0 Å². The number of rotatable bonds is 10. The fraction of sp³-hybridized carbons (Fsp3) is 0.407. The molecule has 192 valence electrons. The minimum absolute atomic E-state index is 0.330. The van der Waals surface area contributed by atoms with Crippen molar-refractivity contribution < 1.29 is 27.8 Å². The normalized spacial score (nSPS) is 16.9. The van der Waals surface area contributed by atoms with Gasteiger partial charge in [0, 0.05) is 25.0 Å². The van der Waals surface area contributed by atoms with Gasteiger partial charge in [0.2, 0.25) is 0 Å². The Labute approximate surface area is 208 Å². The van der Waals surface area contributed by atoms with Crippen molar-refractivity contribution >= 4 is 16.9 Å². The van der Waals surface area contributed by atoms with Crippen molar-refractivity contribution in [1.82, 2.24) is 14.8 Å². The Balaban J connectivity index is 1.32. The highest BCUT2D eigenvalue weighted by Gasteiger charge is 2.31. The first-order valence-corrected chi connectivity index (χ1v) is 12.1. The SMILES string of the molecule is COc1ccc2ncc(F)c(CCCN3CCN(CCCc4cc(F)ccc4F)C[C@@H]3C(=O)O)c2c1. The van der Waals surface area contributed by atoms with Gasteiger partial charge in [0.15, 0.2) is 0 Å². The molecule has 0 unspecified atom stereocenters. The zero-order chi connectivity index (χ0) is 25.7. The topological polar surface area (TPSA) is 65.9 Å². The molecule has 0 aliphatic carbocycles. The Kier molecular flexibility index (Phi) is 8.43. The standard InChI is InChI=1S/C27H30F3N3O3/c1-36-20-7-9-25-22(15-20)21(24(30)16-31-25)5-3-11-33-13-12-32(17-26(33)27(34)35)10-2-4-18-14-19(28)6-8-23(18)29/h6-9,14-16,26H,2-5,10-13,17H2,1H3,(H,34,35)/t26-/m1/s1. The van der Waals surface area contributed by atoms with Crippen LogP contribution in [0.3, 0.4) is 0 Å². The Morgan fingerprint density at radius 2 is 1.86 bits per heavy atom. The number of nitrogens with zero attached hydrogens (tertiary/aromatic N) is 3. The number of carboxylic acids is 1. The molecule has 1 fully saturated rings. The van der Waals surface area contributed by atoms with Crippen LogP contribution in [0.15, 0.2) is 42.6 Å². The molecule has 3 aromatic rings. The summed E-state index contributed by atoms with van der Waals surface area (Å²) >= 11 is 0. The van der Waals surface area contributed by atoms with Crippen molar-refractivity contribution in [2.45, 2.75) is 31.7 Å². The third-order valence-corrected chi connectivity index (χ3v) is 6.79. The second-order valence-corrected chi connectivity index (χ2v) is 9.10. The summed E-state index contributed by atoms with van der Waals surface area (Å²) < 4.78 is 47.1. The average Bonchev–Trinajstić information content (AvgIpc) is 2.87. The van der Waals surface area contributed by atoms with Gasteiger partial charge in [-0.25, -0.2) is 13.2 Å². The van der Waals surface area contributed by atoms with E-state index < -0.39 is 23.6 Å². The van der Waals surface area contributed by atoms with E-state index in [2.05, 4.69) is 9.88 Å². The number of hydrogen-bond donors (Lipinski definition) is 1. The minimum Gasteiger partial charge on any atom is -0.497 e. The Morgan fingerprint density at radius 1 is 1.06 bits per heavy atom. The summed E-state index contributed by atoms with van der Waals surface area (Å²) in [6.07, 6.45) is 3.25. The number of aryl methyl sites for hydroxylation is 2. The summed E-state index contributed by atoms with van der Waals surface area (Å²) in [6, 6.07) is 8.10. The van der Waals surface area contributed by atoms with E-state index in [1.165, 1.54) is 12.3 Å². The Hall–Kier alpha value is -3.17. The molecular formula is C27H30F3N3O3. The molecule has 0 spiro atoms. The lowest BCUT2D eigenvalue weighted by molar-refractivity contribution is -0.145. The molecule has 2 aromatic carbocycles. The van der Waals surface area contributed by atoms with E-state index in [0.717, 1.165) is 12.1 Å². The summed E-state index contributed by atoms with van der Waals surface area (Å²) in [5.74, 6) is -1.56. The zero-order valence-electron chi connectivity index (χ0n) is 20.2. The first-order valence-electron chi connectivity index (χ1n) is 12.1. The summed E-state index contributed by atoms with van der Waals surface area (Å²) in [7, 11) is 1.55. The Bertz CT molecular complexity index is 1220. The number of fused-ring (bicyclic) bond motifs is 1. The lowest BCUT2D eigenvalue weighted by Gasteiger charge is -2.39. The summed E-state index contributed by atoms with van der Waals surface area (Å²) in [5, 5.41) is 10.5. The van der Waals surface area contributed by atoms with Gasteiger partial charge in [-0.05, 0) is 86.3 Å². The molecule has 36 heavy (non-hydrogen) atoms. The molecule has 9 heteroatoms. The van der Waals surface area contributed by atoms with Crippen LogP contribution in [0.2, 0.25) is 0 Å². The number of aliphatic carboxylic acids is 1. The summed E-state index contributed by atoms with van der Waals surface area (Å²) in [6.45, 7) is 2.72. The fourth-order valence-electron chi connectivity index (χ4n) is 4.85. The van der Waals surface area contributed by atoms with Gasteiger partial charge >= 0.3 is 5.97 Å². The lowest BCUT2D eigenvalue weighted by atomic mass is 10.0. The molecule has 1 aliphatic rings. The molecule has 1 N–H and O–H groups in total. The molecule has 2 heterocycles. The number of halogens is 3. The monoisotopic (exact) mass is 501 g/mol. The summed E-state index contributed by atoms with van der Waals surface area (Å²) in [4.78, 5) is 20.1. The maximum absolute atomic E-state index is 14.6. The van der Waals surface area contributed by atoms with Gasteiger partial charge in [-0.3, -0.25) is 19.6 Å². The quantitative estimate of drug-likeness (QED) is 0.447. The van der Waals surface area contributed by atoms with E-state index in [-0.39, 0.29) is 5.82 Å². The maximum atomic E-state index is 14.6. The predicted molar refractivity (Wildman–Crippen MR) is 131 cm³/mol. The molecule has 0 amide bonds. The van der Waals surface area contributed by atoms with Gasteiger partial charge in [0.05, 0.1) is 18.8 Å². The first-order chi connectivity index (χ1) is 17.4. The third-order valence-electron chi connectivity index (χ3n) is 6.79. The van der Waals surface area contributed by atoms with Crippen molar-refractivity contribution in [3.8, 4) is 5.75 Å². The molecule has 0 radical (unpaired) electrons. The van der Waals surface area contributed by atoms with E-state index >= 15 is 0 Å². The van der Waals surface area contributed by atoms with Crippen molar-refractivity contribution in [1.29, 1.82) is 0 Å². The number of piperazine rings is 1. The number of aromatic nitrogens is 1. The molecule has 1 aliphatic heterocycles. The van der Waals surface area contributed by atoms with Crippen LogP contribution in [0.1, 0.15) is 24.0 Å². The van der Waals surface area contributed by atoms with Gasteiger partial charge in [-0.2, -0.15) is 0 Å². The molecule has 0 bridgehead atoms. The van der Waals surface area contributed by atoms with Crippen LogP contribution in [0, 0.1) is 17.5 Å². The molecule has 4 rings (SSSR count). The highest BCUT2D eigenvalue weighted by Crippen LogP contribution is 2.26. The molecule has 1 atom stereocenters. The van der Waals surface area contributed by atoms with Crippen molar-refractivity contribution in [2.75, 3.05) is 39.8 Å². The molecular weight excluding hydrogens is 471 g/mol. The molecule has 6 nitrogen and oxygen atoms in total. The van der Waals surface area contributed by atoms with Gasteiger partial charge in [-0.15, -0.1) is 0 Å². The van der Waals surface area contributed by atoms with E-state index in [4.69, 9.17) is 4.74 Å². The highest BCUT2D eigenvalue weighted by molar-refractivity contribution is 5.83. The van der Waals surface area contributed by atoms with Crippen LogP contribution >= 0.6 is 0 Å². The molecule has 1 aromatic heterocycles. The minimum atomic E-state index is -0.902. The van der Waals surface area contributed by atoms with E-state index in [9.17, 15) is 23.1 Å². The van der Waals surface area contributed by atoms with E-state index in [1.54, 1.807) is 25.3 Å². The van der Waals surface area contributed by atoms with Gasteiger partial charge in [0.25, 0.3) is 0 Å². The van der Waals surface area contributed by atoms with Crippen LogP contribution in [0.5, 0.6) is 5.75 Å². The third kappa shape index (κ3) is 6.14. The molecule has 1 saturated heterocycles. The van der Waals surface area contributed by atoms with Crippen LogP contribution in [0.4, 0.5) is 13.2 Å². The number of benzene rings is 2. The largest absolute Gasteiger partial charge is 0.497 e. The first kappa shape index (κ1) is 25.9. The maximum Gasteiger partial charge on any atom is 0.322 e. The van der Waals surface area contributed by atoms with E-state index in [1.807, 2.05) is 4.90 Å². The van der Waals surface area contributed by atoms with Crippen LogP contribution in [0.25, 0.3) is 10.9 Å². The van der Waals surface area contributed by atoms with Crippen LogP contribution in [-0.2, 0) is 17.6 Å². The predicted octanol–water partition coefficient (Wildman–Crippen LogP) is 4.30. The van der Waals surface area contributed by atoms with Crippen molar-refractivity contribution in [2.24, 2.45) is 0 Å². The van der Waals surface area contributed by atoms with Gasteiger partial charge in [0.1, 0.15) is 29.2 Å². The number of pyridine rings is 1. The van der Waals surface area contributed by atoms with Crippen molar-refractivity contribution in [3.05, 3.63) is 71.2 Å². The lowest BCUT2D eigenvalue weighted by Crippen LogP contribution is -2.56. The Morgan fingerprint density at radius 3 is 2.64 bits per heavy atom. The summed E-state index contributed by atoms with van der Waals surface area (Å²) in [5.41, 5.74) is 1.56. The zero-order valence-corrected chi connectivity index (χ0v) is 20.2. The number of hydrogen-bond acceptors (Lipinski definition) is 5. The van der Waals surface area contributed by atoms with Crippen LogP contribution < -0.4 is 4.74 Å². The average molecular weight is 502 g/mol.